The van der Waals surface area contributed by atoms with Gasteiger partial charge in [0.25, 0.3) is 0 Å². The van der Waals surface area contributed by atoms with E-state index in [1.165, 1.54) is 11.6 Å². The maximum atomic E-state index is 13.8. The van der Waals surface area contributed by atoms with Crippen molar-refractivity contribution in [2.24, 2.45) is 11.7 Å². The lowest BCUT2D eigenvalue weighted by Crippen LogP contribution is -2.31. The molecule has 0 spiro atoms. The number of rotatable bonds is 6. The van der Waals surface area contributed by atoms with Crippen LogP contribution in [0.3, 0.4) is 0 Å². The fraction of sp³-hybridized carbons (Fsp3) is 0.375. The van der Waals surface area contributed by atoms with Gasteiger partial charge in [-0.25, -0.2) is 4.39 Å². The summed E-state index contributed by atoms with van der Waals surface area (Å²) in [7, 11) is 2.07. The van der Waals surface area contributed by atoms with Crippen molar-refractivity contribution in [1.29, 1.82) is 0 Å². The van der Waals surface area contributed by atoms with Gasteiger partial charge in [0.2, 0.25) is 0 Å². The minimum absolute atomic E-state index is 0.190. The second-order valence-corrected chi connectivity index (χ2v) is 6.13. The van der Waals surface area contributed by atoms with E-state index in [2.05, 4.69) is 35.7 Å². The third-order valence-corrected chi connectivity index (χ3v) is 4.24. The molecule has 1 aromatic carbocycles. The highest BCUT2D eigenvalue weighted by Gasteiger charge is 2.19. The van der Waals surface area contributed by atoms with Crippen molar-refractivity contribution in [3.05, 3.63) is 58.0 Å². The van der Waals surface area contributed by atoms with Crippen molar-refractivity contribution >= 4 is 11.3 Å². The van der Waals surface area contributed by atoms with E-state index in [0.717, 1.165) is 13.1 Å². The smallest absolute Gasteiger partial charge is 0.127 e. The predicted octanol–water partition coefficient (Wildman–Crippen LogP) is 3.66. The molecule has 0 aliphatic heterocycles. The van der Waals surface area contributed by atoms with Crippen molar-refractivity contribution in [3.8, 4) is 0 Å². The van der Waals surface area contributed by atoms with Gasteiger partial charge in [0.15, 0.2) is 0 Å². The van der Waals surface area contributed by atoms with Gasteiger partial charge in [-0.1, -0.05) is 25.1 Å². The molecule has 0 aliphatic carbocycles. The summed E-state index contributed by atoms with van der Waals surface area (Å²) in [6.45, 7) is 3.81. The Labute approximate surface area is 124 Å². The Balaban J connectivity index is 1.94. The van der Waals surface area contributed by atoms with Crippen LogP contribution in [0.1, 0.15) is 24.1 Å². The van der Waals surface area contributed by atoms with E-state index in [4.69, 9.17) is 5.73 Å². The zero-order valence-corrected chi connectivity index (χ0v) is 12.7. The van der Waals surface area contributed by atoms with Crippen LogP contribution >= 0.6 is 11.3 Å². The van der Waals surface area contributed by atoms with Crippen LogP contribution in [-0.4, -0.2) is 18.5 Å². The van der Waals surface area contributed by atoms with Crippen LogP contribution in [0.15, 0.2) is 41.1 Å². The van der Waals surface area contributed by atoms with Crippen LogP contribution in [0.4, 0.5) is 4.39 Å². The molecule has 2 atom stereocenters. The molecule has 2 rings (SSSR count). The minimum Gasteiger partial charge on any atom is -0.324 e. The third-order valence-electron chi connectivity index (χ3n) is 3.51. The summed E-state index contributed by atoms with van der Waals surface area (Å²) in [6.07, 6.45) is 0. The van der Waals surface area contributed by atoms with Gasteiger partial charge in [0.05, 0.1) is 0 Å². The number of halogens is 1. The summed E-state index contributed by atoms with van der Waals surface area (Å²) in [5, 5.41) is 4.23. The number of hydrogen-bond donors (Lipinski definition) is 1. The molecule has 0 amide bonds. The summed E-state index contributed by atoms with van der Waals surface area (Å²) in [6, 6.07) is 8.62. The molecule has 2 N–H and O–H groups in total. The number of benzene rings is 1. The first kappa shape index (κ1) is 15.2. The molecule has 4 heteroatoms. The van der Waals surface area contributed by atoms with Gasteiger partial charge in [-0.15, -0.1) is 0 Å². The normalized spacial score (nSPS) is 14.4. The maximum Gasteiger partial charge on any atom is 0.127 e. The zero-order chi connectivity index (χ0) is 14.5. The highest BCUT2D eigenvalue weighted by atomic mass is 32.1. The van der Waals surface area contributed by atoms with Crippen LogP contribution < -0.4 is 5.73 Å². The molecule has 108 valence electrons. The molecule has 2 nitrogen and oxygen atoms in total. The Morgan fingerprint density at radius 1 is 1.30 bits per heavy atom. The van der Waals surface area contributed by atoms with Crippen molar-refractivity contribution in [1.82, 2.24) is 4.90 Å². The summed E-state index contributed by atoms with van der Waals surface area (Å²) in [5.74, 6) is -0.0251. The highest BCUT2D eigenvalue weighted by molar-refractivity contribution is 7.07. The number of hydrogen-bond acceptors (Lipinski definition) is 3. The van der Waals surface area contributed by atoms with Crippen LogP contribution in [0, 0.1) is 11.7 Å². The molecule has 2 aromatic rings. The van der Waals surface area contributed by atoms with Crippen molar-refractivity contribution in [2.45, 2.75) is 19.5 Å². The van der Waals surface area contributed by atoms with Crippen molar-refractivity contribution in [3.63, 3.8) is 0 Å². The molecule has 1 heterocycles. The average Bonchev–Trinajstić information content (AvgIpc) is 2.91. The standard InChI is InChI=1S/C16H21FN2S/c1-12(9-19(2)10-13-7-8-20-11-13)16(18)14-5-3-4-6-15(14)17/h3-8,11-12,16H,9-10,18H2,1-2H3. The van der Waals surface area contributed by atoms with E-state index in [-0.39, 0.29) is 17.8 Å². The summed E-state index contributed by atoms with van der Waals surface area (Å²) >= 11 is 1.70. The fourth-order valence-electron chi connectivity index (χ4n) is 2.42. The lowest BCUT2D eigenvalue weighted by atomic mass is 9.94. The minimum atomic E-state index is -0.277. The molecule has 0 fully saturated rings. The van der Waals surface area contributed by atoms with Gasteiger partial charge in [0.1, 0.15) is 5.82 Å². The first-order valence-electron chi connectivity index (χ1n) is 6.77. The van der Waals surface area contributed by atoms with Gasteiger partial charge in [0, 0.05) is 24.7 Å². The molecular weight excluding hydrogens is 271 g/mol. The SMILES string of the molecule is CC(CN(C)Cc1ccsc1)C(N)c1ccccc1F. The van der Waals surface area contributed by atoms with E-state index in [1.54, 1.807) is 23.5 Å². The van der Waals surface area contributed by atoms with E-state index in [1.807, 2.05) is 6.07 Å². The Hall–Kier alpha value is -1.23. The fourth-order valence-corrected chi connectivity index (χ4v) is 3.08. The van der Waals surface area contributed by atoms with Crippen LogP contribution in [-0.2, 0) is 6.54 Å². The first-order chi connectivity index (χ1) is 9.58. The number of nitrogens with two attached hydrogens (primary N) is 1. The predicted molar refractivity (Wildman–Crippen MR) is 83.1 cm³/mol. The molecule has 20 heavy (non-hydrogen) atoms. The van der Waals surface area contributed by atoms with Crippen molar-refractivity contribution in [2.75, 3.05) is 13.6 Å². The molecule has 0 bridgehead atoms. The van der Waals surface area contributed by atoms with E-state index in [9.17, 15) is 4.39 Å². The molecule has 0 radical (unpaired) electrons. The van der Waals surface area contributed by atoms with Crippen LogP contribution in [0.2, 0.25) is 0 Å². The largest absolute Gasteiger partial charge is 0.324 e. The molecule has 1 aromatic heterocycles. The second kappa shape index (κ2) is 6.97. The van der Waals surface area contributed by atoms with Gasteiger partial charge in [-0.2, -0.15) is 11.3 Å². The highest BCUT2D eigenvalue weighted by Crippen LogP contribution is 2.23. The molecule has 2 unspecified atom stereocenters. The zero-order valence-electron chi connectivity index (χ0n) is 11.9. The van der Waals surface area contributed by atoms with Crippen LogP contribution in [0.5, 0.6) is 0 Å². The molecule has 0 saturated carbocycles. The topological polar surface area (TPSA) is 29.3 Å². The maximum absolute atomic E-state index is 13.8. The molecule has 0 aliphatic rings. The Morgan fingerprint density at radius 2 is 2.05 bits per heavy atom. The van der Waals surface area contributed by atoms with E-state index < -0.39 is 0 Å². The quantitative estimate of drug-likeness (QED) is 0.880. The van der Waals surface area contributed by atoms with Gasteiger partial charge in [-0.05, 0) is 41.4 Å². The molecule has 0 saturated heterocycles. The van der Waals surface area contributed by atoms with Crippen LogP contribution in [0.25, 0.3) is 0 Å². The van der Waals surface area contributed by atoms with Gasteiger partial charge in [-0.3, -0.25) is 0 Å². The van der Waals surface area contributed by atoms with Gasteiger partial charge < -0.3 is 10.6 Å². The van der Waals surface area contributed by atoms with Gasteiger partial charge >= 0.3 is 0 Å². The molecular formula is C16H21FN2S. The summed E-state index contributed by atoms with van der Waals surface area (Å²) in [4.78, 5) is 2.23. The number of thiophene rings is 1. The summed E-state index contributed by atoms with van der Waals surface area (Å²) in [5.41, 5.74) is 8.11. The summed E-state index contributed by atoms with van der Waals surface area (Å²) < 4.78 is 13.8. The van der Waals surface area contributed by atoms with Crippen molar-refractivity contribution < 1.29 is 4.39 Å². The Morgan fingerprint density at radius 3 is 2.70 bits per heavy atom. The van der Waals surface area contributed by atoms with E-state index >= 15 is 0 Å². The average molecular weight is 292 g/mol. The number of nitrogens with zero attached hydrogens (tertiary/aromatic N) is 1. The monoisotopic (exact) mass is 292 g/mol. The lowest BCUT2D eigenvalue weighted by Gasteiger charge is -2.26. The second-order valence-electron chi connectivity index (χ2n) is 5.35. The third kappa shape index (κ3) is 3.88. The Kier molecular flexibility index (Phi) is 5.29. The Bertz CT molecular complexity index is 527. The van der Waals surface area contributed by atoms with E-state index in [0.29, 0.717) is 5.56 Å². The first-order valence-corrected chi connectivity index (χ1v) is 7.72. The lowest BCUT2D eigenvalue weighted by molar-refractivity contribution is 0.256.